The molecule has 4 heterocycles. The first kappa shape index (κ1) is 20.0. The van der Waals surface area contributed by atoms with Gasteiger partial charge in [-0.3, -0.25) is 9.59 Å². The van der Waals surface area contributed by atoms with Crippen LogP contribution in [0.25, 0.3) is 0 Å². The molecule has 1 aromatic heterocycles. The molecule has 3 aliphatic heterocycles. The van der Waals surface area contributed by atoms with E-state index in [1.807, 2.05) is 49.5 Å². The molecule has 0 unspecified atom stereocenters. The number of nitrogens with zero attached hydrogens (tertiary/aromatic N) is 4. The van der Waals surface area contributed by atoms with Crippen LogP contribution in [0.1, 0.15) is 41.6 Å². The zero-order valence-electron chi connectivity index (χ0n) is 18.1. The molecule has 0 saturated carbocycles. The molecule has 2 amide bonds. The molecule has 6 nitrogen and oxygen atoms in total. The first-order valence-electron chi connectivity index (χ1n) is 11.4. The Bertz CT molecular complexity index is 946. The van der Waals surface area contributed by atoms with Gasteiger partial charge in [0.05, 0.1) is 5.56 Å². The zero-order chi connectivity index (χ0) is 21.4. The number of fused-ring (bicyclic) bond motifs is 4. The van der Waals surface area contributed by atoms with E-state index in [9.17, 15) is 9.59 Å². The molecule has 5 rings (SSSR count). The number of carbonyl (C=O) groups is 2. The predicted octanol–water partition coefficient (Wildman–Crippen LogP) is 3.19. The fourth-order valence-electron chi connectivity index (χ4n) is 5.65. The number of anilines is 1. The maximum absolute atomic E-state index is 12.8. The minimum Gasteiger partial charge on any atom is -0.356 e. The van der Waals surface area contributed by atoms with E-state index in [-0.39, 0.29) is 5.91 Å². The molecule has 3 fully saturated rings. The van der Waals surface area contributed by atoms with Gasteiger partial charge >= 0.3 is 0 Å². The lowest BCUT2D eigenvalue weighted by atomic mass is 9.76. The summed E-state index contributed by atoms with van der Waals surface area (Å²) in [6.45, 7) is 3.34. The van der Waals surface area contributed by atoms with E-state index >= 15 is 0 Å². The fraction of sp³-hybridized carbons (Fsp3) is 0.480. The number of carbonyl (C=O) groups excluding carboxylic acids is 2. The first-order chi connectivity index (χ1) is 15.1. The number of rotatable bonds is 4. The average molecular weight is 419 g/mol. The highest BCUT2D eigenvalue weighted by Crippen LogP contribution is 2.38. The van der Waals surface area contributed by atoms with E-state index in [1.165, 1.54) is 6.42 Å². The molecule has 2 bridgehead atoms. The van der Waals surface area contributed by atoms with Crippen molar-refractivity contribution in [2.24, 2.45) is 11.8 Å². The quantitative estimate of drug-likeness (QED) is 0.765. The van der Waals surface area contributed by atoms with Crippen LogP contribution in [0.15, 0.2) is 48.7 Å². The molecule has 162 valence electrons. The van der Waals surface area contributed by atoms with Crippen molar-refractivity contribution in [3.05, 3.63) is 59.8 Å². The predicted molar refractivity (Wildman–Crippen MR) is 120 cm³/mol. The van der Waals surface area contributed by atoms with Gasteiger partial charge in [-0.25, -0.2) is 4.98 Å². The summed E-state index contributed by atoms with van der Waals surface area (Å²) in [4.78, 5) is 36.1. The summed E-state index contributed by atoms with van der Waals surface area (Å²) in [5.74, 6) is 2.30. The summed E-state index contributed by atoms with van der Waals surface area (Å²) in [5, 5.41) is 0. The SMILES string of the molecule is CN(Cc1ccccc1)C(=O)c1ccc(N2C[C@H]3C[C@H](C2)[C@H]2CCCC(=O)N2C3)nc1. The van der Waals surface area contributed by atoms with Crippen molar-refractivity contribution >= 4 is 17.6 Å². The molecule has 1 aromatic carbocycles. The second-order valence-electron chi connectivity index (χ2n) is 9.32. The number of benzene rings is 1. The van der Waals surface area contributed by atoms with Crippen molar-refractivity contribution in [1.29, 1.82) is 0 Å². The van der Waals surface area contributed by atoms with E-state index < -0.39 is 0 Å². The highest BCUT2D eigenvalue weighted by Gasteiger charge is 2.44. The topological polar surface area (TPSA) is 56.8 Å². The van der Waals surface area contributed by atoms with E-state index in [0.29, 0.717) is 35.9 Å². The Morgan fingerprint density at radius 3 is 2.74 bits per heavy atom. The van der Waals surface area contributed by atoms with Crippen LogP contribution in [0.5, 0.6) is 0 Å². The van der Waals surface area contributed by atoms with Crippen LogP contribution >= 0.6 is 0 Å². The molecule has 0 radical (unpaired) electrons. The minimum atomic E-state index is -0.0187. The number of pyridine rings is 1. The lowest BCUT2D eigenvalue weighted by molar-refractivity contribution is -0.142. The smallest absolute Gasteiger partial charge is 0.255 e. The van der Waals surface area contributed by atoms with Crippen LogP contribution in [0.3, 0.4) is 0 Å². The molecule has 0 aliphatic carbocycles. The van der Waals surface area contributed by atoms with Crippen molar-refractivity contribution in [3.63, 3.8) is 0 Å². The van der Waals surface area contributed by atoms with Gasteiger partial charge in [-0.15, -0.1) is 0 Å². The third-order valence-corrected chi connectivity index (χ3v) is 7.11. The zero-order valence-corrected chi connectivity index (χ0v) is 18.1. The number of hydrogen-bond acceptors (Lipinski definition) is 4. The van der Waals surface area contributed by atoms with Gasteiger partial charge in [-0.2, -0.15) is 0 Å². The molecular formula is C25H30N4O2. The van der Waals surface area contributed by atoms with E-state index in [0.717, 1.165) is 50.3 Å². The number of hydrogen-bond donors (Lipinski definition) is 0. The van der Waals surface area contributed by atoms with Crippen molar-refractivity contribution in [3.8, 4) is 0 Å². The summed E-state index contributed by atoms with van der Waals surface area (Å²) in [6.07, 6.45) is 5.79. The molecule has 3 atom stereocenters. The Balaban J connectivity index is 1.25. The number of piperidine rings is 3. The Morgan fingerprint density at radius 2 is 1.97 bits per heavy atom. The van der Waals surface area contributed by atoms with Gasteiger partial charge in [0.25, 0.3) is 5.91 Å². The monoisotopic (exact) mass is 418 g/mol. The highest BCUT2D eigenvalue weighted by atomic mass is 16.2. The van der Waals surface area contributed by atoms with Crippen LogP contribution in [0, 0.1) is 11.8 Å². The number of amides is 2. The molecule has 0 N–H and O–H groups in total. The van der Waals surface area contributed by atoms with Crippen LogP contribution in [-0.2, 0) is 11.3 Å². The van der Waals surface area contributed by atoms with E-state index in [2.05, 4.69) is 14.8 Å². The molecule has 3 aliphatic rings. The molecule has 6 heteroatoms. The van der Waals surface area contributed by atoms with Crippen molar-refractivity contribution in [1.82, 2.24) is 14.8 Å². The van der Waals surface area contributed by atoms with Crippen LogP contribution in [-0.4, -0.2) is 59.3 Å². The van der Waals surface area contributed by atoms with Gasteiger partial charge in [0.2, 0.25) is 5.91 Å². The largest absolute Gasteiger partial charge is 0.356 e. The molecule has 31 heavy (non-hydrogen) atoms. The molecule has 2 aromatic rings. The summed E-state index contributed by atoms with van der Waals surface area (Å²) >= 11 is 0. The molecular weight excluding hydrogens is 388 g/mol. The standard InChI is InChI=1S/C25H30N4O2/c1-27(14-18-6-3-2-4-7-18)25(31)20-10-11-23(26-13-20)28-15-19-12-21(17-28)22-8-5-9-24(30)29(22)16-19/h2-4,6-7,10-11,13,19,21-22H,5,8-9,12,14-17H2,1H3/t19-,21-,22-/m1/s1. The average Bonchev–Trinajstić information content (AvgIpc) is 2.80. The Morgan fingerprint density at radius 1 is 1.13 bits per heavy atom. The Labute approximate surface area is 183 Å². The second kappa shape index (κ2) is 8.33. The summed E-state index contributed by atoms with van der Waals surface area (Å²) < 4.78 is 0. The minimum absolute atomic E-state index is 0.0187. The highest BCUT2D eigenvalue weighted by molar-refractivity contribution is 5.93. The maximum atomic E-state index is 12.8. The van der Waals surface area contributed by atoms with Gasteiger partial charge < -0.3 is 14.7 Å². The summed E-state index contributed by atoms with van der Waals surface area (Å²) in [5.41, 5.74) is 1.72. The third kappa shape index (κ3) is 4.03. The maximum Gasteiger partial charge on any atom is 0.255 e. The van der Waals surface area contributed by atoms with Gasteiger partial charge in [-0.05, 0) is 48.8 Å². The Kier molecular flexibility index (Phi) is 5.38. The summed E-state index contributed by atoms with van der Waals surface area (Å²) in [7, 11) is 1.83. The van der Waals surface area contributed by atoms with Gasteiger partial charge in [-0.1, -0.05) is 30.3 Å². The van der Waals surface area contributed by atoms with Crippen LogP contribution in [0.4, 0.5) is 5.82 Å². The second-order valence-corrected chi connectivity index (χ2v) is 9.32. The number of aromatic nitrogens is 1. The summed E-state index contributed by atoms with van der Waals surface area (Å²) in [6, 6.07) is 14.3. The van der Waals surface area contributed by atoms with Gasteiger partial charge in [0, 0.05) is 51.9 Å². The fourth-order valence-corrected chi connectivity index (χ4v) is 5.65. The normalized spacial score (nSPS) is 25.2. The van der Waals surface area contributed by atoms with Crippen molar-refractivity contribution < 1.29 is 9.59 Å². The van der Waals surface area contributed by atoms with Gasteiger partial charge in [0.1, 0.15) is 5.82 Å². The van der Waals surface area contributed by atoms with Crippen molar-refractivity contribution in [2.45, 2.75) is 38.3 Å². The van der Waals surface area contributed by atoms with Gasteiger partial charge in [0.15, 0.2) is 0 Å². The van der Waals surface area contributed by atoms with Crippen LogP contribution < -0.4 is 4.90 Å². The van der Waals surface area contributed by atoms with E-state index in [4.69, 9.17) is 0 Å². The lowest BCUT2D eigenvalue weighted by Gasteiger charge is -2.52. The van der Waals surface area contributed by atoms with Crippen molar-refractivity contribution in [2.75, 3.05) is 31.6 Å². The molecule has 0 spiro atoms. The molecule has 3 saturated heterocycles. The van der Waals surface area contributed by atoms with E-state index in [1.54, 1.807) is 11.1 Å². The lowest BCUT2D eigenvalue weighted by Crippen LogP contribution is -2.60. The third-order valence-electron chi connectivity index (χ3n) is 7.11. The van der Waals surface area contributed by atoms with Crippen LogP contribution in [0.2, 0.25) is 0 Å². The first-order valence-corrected chi connectivity index (χ1v) is 11.4. The Hall–Kier alpha value is -2.89.